The van der Waals surface area contributed by atoms with Gasteiger partial charge < -0.3 is 0 Å². The molecular formula is C31H35FN2. The van der Waals surface area contributed by atoms with Gasteiger partial charge in [-0.1, -0.05) is 68.7 Å². The van der Waals surface area contributed by atoms with Crippen LogP contribution < -0.4 is 0 Å². The number of benzene rings is 3. The molecule has 0 fully saturated rings. The van der Waals surface area contributed by atoms with Crippen molar-refractivity contribution in [2.45, 2.75) is 66.7 Å². The average molecular weight is 455 g/mol. The summed E-state index contributed by atoms with van der Waals surface area (Å²) in [5, 5.41) is 0. The Balaban J connectivity index is 1.72. The number of hydrogen-bond donors (Lipinski definition) is 0. The molecule has 4 rings (SSSR count). The molecule has 2 nitrogen and oxygen atoms in total. The zero-order chi connectivity index (χ0) is 24.2. The molecule has 0 aliphatic heterocycles. The van der Waals surface area contributed by atoms with Crippen LogP contribution >= 0.6 is 0 Å². The first-order valence-corrected chi connectivity index (χ1v) is 12.4. The summed E-state index contributed by atoms with van der Waals surface area (Å²) in [5.74, 6) is 0.638. The largest absolute Gasteiger partial charge is 0.296 e. The SMILES string of the molecule is CCCCCCc1ccc(-c2cc(-c3nc(C)c(C)n3-c3c(C)cccc3C)ccc2F)cc1. The summed E-state index contributed by atoms with van der Waals surface area (Å²) >= 11 is 0. The van der Waals surface area contributed by atoms with Crippen molar-refractivity contribution in [1.29, 1.82) is 0 Å². The van der Waals surface area contributed by atoms with E-state index in [4.69, 9.17) is 4.98 Å². The van der Waals surface area contributed by atoms with Crippen molar-refractivity contribution in [3.63, 3.8) is 0 Å². The summed E-state index contributed by atoms with van der Waals surface area (Å²) in [7, 11) is 0. The zero-order valence-corrected chi connectivity index (χ0v) is 21.1. The molecule has 3 aromatic carbocycles. The van der Waals surface area contributed by atoms with Crippen LogP contribution in [0.15, 0.2) is 60.7 Å². The number of hydrogen-bond acceptors (Lipinski definition) is 1. The van der Waals surface area contributed by atoms with E-state index < -0.39 is 0 Å². The van der Waals surface area contributed by atoms with E-state index in [2.05, 4.69) is 62.6 Å². The molecule has 0 spiro atoms. The molecule has 4 aromatic rings. The Morgan fingerprint density at radius 1 is 0.794 bits per heavy atom. The predicted molar refractivity (Wildman–Crippen MR) is 141 cm³/mol. The van der Waals surface area contributed by atoms with Gasteiger partial charge in [0.25, 0.3) is 0 Å². The quantitative estimate of drug-likeness (QED) is 0.243. The lowest BCUT2D eigenvalue weighted by Crippen LogP contribution is -2.04. The number of unbranched alkanes of at least 4 members (excludes halogenated alkanes) is 3. The van der Waals surface area contributed by atoms with Crippen molar-refractivity contribution < 1.29 is 4.39 Å². The number of aryl methyl sites for hydroxylation is 4. The molecule has 0 saturated carbocycles. The Bertz CT molecular complexity index is 1260. The normalized spacial score (nSPS) is 11.2. The highest BCUT2D eigenvalue weighted by Gasteiger charge is 2.19. The summed E-state index contributed by atoms with van der Waals surface area (Å²) in [6, 6.07) is 20.1. The van der Waals surface area contributed by atoms with Gasteiger partial charge in [0.15, 0.2) is 0 Å². The van der Waals surface area contributed by atoms with Gasteiger partial charge in [-0.2, -0.15) is 0 Å². The topological polar surface area (TPSA) is 17.8 Å². The van der Waals surface area contributed by atoms with Gasteiger partial charge in [0.1, 0.15) is 11.6 Å². The van der Waals surface area contributed by atoms with Crippen LogP contribution in [-0.2, 0) is 6.42 Å². The fourth-order valence-corrected chi connectivity index (χ4v) is 4.73. The third-order valence-electron chi connectivity index (χ3n) is 6.82. The van der Waals surface area contributed by atoms with Crippen molar-refractivity contribution in [3.8, 4) is 28.2 Å². The highest BCUT2D eigenvalue weighted by molar-refractivity contribution is 5.73. The summed E-state index contributed by atoms with van der Waals surface area (Å²) in [4.78, 5) is 4.91. The molecule has 3 heteroatoms. The first-order valence-electron chi connectivity index (χ1n) is 12.4. The van der Waals surface area contributed by atoms with Crippen LogP contribution in [0.5, 0.6) is 0 Å². The van der Waals surface area contributed by atoms with Crippen LogP contribution in [0.2, 0.25) is 0 Å². The molecule has 0 aliphatic carbocycles. The van der Waals surface area contributed by atoms with Crippen LogP contribution in [0.3, 0.4) is 0 Å². The monoisotopic (exact) mass is 454 g/mol. The first-order chi connectivity index (χ1) is 16.4. The second-order valence-corrected chi connectivity index (χ2v) is 9.38. The maximum atomic E-state index is 15.0. The number of imidazole rings is 1. The minimum absolute atomic E-state index is 0.210. The molecule has 0 amide bonds. The molecule has 0 atom stereocenters. The zero-order valence-electron chi connectivity index (χ0n) is 21.1. The Labute approximate surface area is 203 Å². The van der Waals surface area contributed by atoms with E-state index in [0.717, 1.165) is 40.4 Å². The minimum Gasteiger partial charge on any atom is -0.296 e. The van der Waals surface area contributed by atoms with Crippen molar-refractivity contribution in [2.75, 3.05) is 0 Å². The van der Waals surface area contributed by atoms with Crippen LogP contribution in [-0.4, -0.2) is 9.55 Å². The van der Waals surface area contributed by atoms with E-state index in [1.54, 1.807) is 6.07 Å². The highest BCUT2D eigenvalue weighted by atomic mass is 19.1. The van der Waals surface area contributed by atoms with E-state index in [1.807, 2.05) is 31.2 Å². The Hall–Kier alpha value is -3.20. The van der Waals surface area contributed by atoms with Crippen molar-refractivity contribution in [3.05, 3.63) is 94.6 Å². The van der Waals surface area contributed by atoms with Gasteiger partial charge in [0, 0.05) is 16.8 Å². The molecule has 0 N–H and O–H groups in total. The van der Waals surface area contributed by atoms with Gasteiger partial charge in [-0.05, 0) is 81.0 Å². The van der Waals surface area contributed by atoms with Crippen LogP contribution in [0.4, 0.5) is 4.39 Å². The maximum absolute atomic E-state index is 15.0. The molecule has 1 aromatic heterocycles. The molecule has 0 unspecified atom stereocenters. The number of halogens is 1. The van der Waals surface area contributed by atoms with Gasteiger partial charge in [0.05, 0.1) is 11.4 Å². The smallest absolute Gasteiger partial charge is 0.145 e. The minimum atomic E-state index is -0.210. The molecule has 0 aliphatic rings. The fraction of sp³-hybridized carbons (Fsp3) is 0.323. The third-order valence-corrected chi connectivity index (χ3v) is 6.82. The van der Waals surface area contributed by atoms with Crippen LogP contribution in [0.25, 0.3) is 28.2 Å². The Morgan fingerprint density at radius 2 is 1.47 bits per heavy atom. The first kappa shape index (κ1) is 23.9. The lowest BCUT2D eigenvalue weighted by atomic mass is 9.99. The summed E-state index contributed by atoms with van der Waals surface area (Å²) in [6.07, 6.45) is 6.08. The Kier molecular flexibility index (Phi) is 7.31. The molecule has 0 radical (unpaired) electrons. The fourth-order valence-electron chi connectivity index (χ4n) is 4.73. The van der Waals surface area contributed by atoms with Gasteiger partial charge >= 0.3 is 0 Å². The van der Waals surface area contributed by atoms with Crippen molar-refractivity contribution >= 4 is 0 Å². The number of rotatable bonds is 8. The second-order valence-electron chi connectivity index (χ2n) is 9.38. The average Bonchev–Trinajstić information content (AvgIpc) is 3.12. The van der Waals surface area contributed by atoms with Crippen molar-refractivity contribution in [2.24, 2.45) is 0 Å². The third kappa shape index (κ3) is 4.84. The van der Waals surface area contributed by atoms with Crippen LogP contribution in [0, 0.1) is 33.5 Å². The number of para-hydroxylation sites is 1. The van der Waals surface area contributed by atoms with E-state index >= 15 is 0 Å². The number of nitrogens with zero attached hydrogens (tertiary/aromatic N) is 2. The molecule has 176 valence electrons. The van der Waals surface area contributed by atoms with E-state index in [0.29, 0.717) is 5.56 Å². The van der Waals surface area contributed by atoms with Crippen molar-refractivity contribution in [1.82, 2.24) is 9.55 Å². The summed E-state index contributed by atoms with van der Waals surface area (Å²) in [6.45, 7) is 10.6. The van der Waals surface area contributed by atoms with Gasteiger partial charge in [-0.15, -0.1) is 0 Å². The van der Waals surface area contributed by atoms with E-state index in [9.17, 15) is 4.39 Å². The maximum Gasteiger partial charge on any atom is 0.145 e. The predicted octanol–water partition coefficient (Wildman–Crippen LogP) is 8.70. The molecule has 34 heavy (non-hydrogen) atoms. The van der Waals surface area contributed by atoms with E-state index in [-0.39, 0.29) is 5.82 Å². The van der Waals surface area contributed by atoms with E-state index in [1.165, 1.54) is 42.4 Å². The molecule has 0 saturated heterocycles. The number of aromatic nitrogens is 2. The second kappa shape index (κ2) is 10.4. The lowest BCUT2D eigenvalue weighted by molar-refractivity contribution is 0.631. The standard InChI is InChI=1S/C31H35FN2/c1-6-7-8-9-13-25-14-16-26(17-15-25)28-20-27(18-19-29(28)32)31-33-23(4)24(5)34(31)30-21(2)11-10-12-22(30)3/h10-12,14-20H,6-9,13H2,1-5H3. The van der Waals surface area contributed by atoms with Gasteiger partial charge in [0.2, 0.25) is 0 Å². The molecule has 1 heterocycles. The summed E-state index contributed by atoms with van der Waals surface area (Å²) in [5.41, 5.74) is 9.36. The lowest BCUT2D eigenvalue weighted by Gasteiger charge is -2.16. The molecule has 0 bridgehead atoms. The Morgan fingerprint density at radius 3 is 2.15 bits per heavy atom. The van der Waals surface area contributed by atoms with Gasteiger partial charge in [-0.3, -0.25) is 4.57 Å². The van der Waals surface area contributed by atoms with Gasteiger partial charge in [-0.25, -0.2) is 9.37 Å². The van der Waals surface area contributed by atoms with Crippen LogP contribution in [0.1, 0.15) is 60.7 Å². The highest BCUT2D eigenvalue weighted by Crippen LogP contribution is 2.33. The summed E-state index contributed by atoms with van der Waals surface area (Å²) < 4.78 is 17.2. The molecular weight excluding hydrogens is 419 g/mol.